The maximum atomic E-state index is 13.2. The Morgan fingerprint density at radius 3 is 2.53 bits per heavy atom. The third kappa shape index (κ3) is 3.63. The number of carbonyl (C=O) groups excluding carboxylic acids is 2. The van der Waals surface area contributed by atoms with Crippen LogP contribution in [0.5, 0.6) is 5.75 Å². The number of nitrogens with one attached hydrogen (secondary N) is 2. The highest BCUT2D eigenvalue weighted by Gasteiger charge is 2.15. The van der Waals surface area contributed by atoms with Crippen molar-refractivity contribution < 1.29 is 19.1 Å². The van der Waals surface area contributed by atoms with Gasteiger partial charge in [0.05, 0.1) is 0 Å². The Bertz CT molecular complexity index is 417. The molecule has 0 radical (unpaired) electrons. The number of aromatic hydroxyl groups is 1. The fraction of sp³-hybridized carbons (Fsp3) is 0.200. The summed E-state index contributed by atoms with van der Waals surface area (Å²) in [4.78, 5) is 21.8. The largest absolute Gasteiger partial charge is 0.507 e. The van der Waals surface area contributed by atoms with Crippen molar-refractivity contribution in [1.29, 1.82) is 0 Å². The van der Waals surface area contributed by atoms with Gasteiger partial charge in [-0.15, -0.1) is 0 Å². The second-order valence-electron chi connectivity index (χ2n) is 3.18. The lowest BCUT2D eigenvalue weighted by Gasteiger charge is -2.07. The second kappa shape index (κ2) is 5.69. The number of primary amides is 1. The number of hydrogen-bond donors (Lipinski definition) is 4. The Labute approximate surface area is 96.6 Å². The van der Waals surface area contributed by atoms with E-state index in [4.69, 9.17) is 5.73 Å². The number of urea groups is 1. The predicted octanol–water partition coefficient (Wildman–Crippen LogP) is -0.0706. The summed E-state index contributed by atoms with van der Waals surface area (Å²) in [6.45, 7) is 0.200. The molecule has 0 heterocycles. The lowest BCUT2D eigenvalue weighted by atomic mass is 10.1. The van der Waals surface area contributed by atoms with Gasteiger partial charge in [-0.2, -0.15) is 0 Å². The van der Waals surface area contributed by atoms with Gasteiger partial charge in [0.15, 0.2) is 0 Å². The number of carbonyl (C=O) groups is 2. The quantitative estimate of drug-likeness (QED) is 0.554. The molecule has 0 aromatic heterocycles. The highest BCUT2D eigenvalue weighted by molar-refractivity contribution is 5.97. The summed E-state index contributed by atoms with van der Waals surface area (Å²) >= 11 is 0. The molecule has 0 aliphatic rings. The molecule has 3 amide bonds. The van der Waals surface area contributed by atoms with Gasteiger partial charge < -0.3 is 21.5 Å². The zero-order valence-corrected chi connectivity index (χ0v) is 8.87. The van der Waals surface area contributed by atoms with Crippen molar-refractivity contribution in [1.82, 2.24) is 10.6 Å². The first kappa shape index (κ1) is 12.8. The number of amides is 3. The van der Waals surface area contributed by atoms with Gasteiger partial charge in [0.25, 0.3) is 5.91 Å². The lowest BCUT2D eigenvalue weighted by Crippen LogP contribution is -2.37. The van der Waals surface area contributed by atoms with Crippen LogP contribution in [0.2, 0.25) is 0 Å². The van der Waals surface area contributed by atoms with Crippen molar-refractivity contribution in [3.05, 3.63) is 29.6 Å². The van der Waals surface area contributed by atoms with Crippen molar-refractivity contribution in [2.24, 2.45) is 5.73 Å². The zero-order chi connectivity index (χ0) is 12.8. The predicted molar refractivity (Wildman–Crippen MR) is 58.0 cm³/mol. The van der Waals surface area contributed by atoms with Crippen molar-refractivity contribution >= 4 is 11.9 Å². The molecule has 17 heavy (non-hydrogen) atoms. The van der Waals surface area contributed by atoms with Gasteiger partial charge >= 0.3 is 6.03 Å². The molecule has 0 aliphatic carbocycles. The van der Waals surface area contributed by atoms with Gasteiger partial charge in [-0.1, -0.05) is 6.07 Å². The molecular weight excluding hydrogens is 229 g/mol. The fourth-order valence-corrected chi connectivity index (χ4v) is 1.19. The normalized spacial score (nSPS) is 9.71. The fourth-order valence-electron chi connectivity index (χ4n) is 1.19. The molecule has 0 fully saturated rings. The second-order valence-corrected chi connectivity index (χ2v) is 3.18. The minimum absolute atomic E-state index is 0.0789. The molecule has 0 saturated carbocycles. The Morgan fingerprint density at radius 1 is 1.29 bits per heavy atom. The molecule has 7 heteroatoms. The molecule has 1 aromatic rings. The van der Waals surface area contributed by atoms with E-state index in [-0.39, 0.29) is 13.1 Å². The summed E-state index contributed by atoms with van der Waals surface area (Å²) in [5, 5.41) is 13.9. The van der Waals surface area contributed by atoms with Crippen LogP contribution < -0.4 is 16.4 Å². The first-order valence-corrected chi connectivity index (χ1v) is 4.81. The van der Waals surface area contributed by atoms with Crippen LogP contribution in [0.4, 0.5) is 9.18 Å². The van der Waals surface area contributed by atoms with Crippen molar-refractivity contribution in [2.45, 2.75) is 0 Å². The molecule has 0 saturated heterocycles. The average molecular weight is 241 g/mol. The van der Waals surface area contributed by atoms with Crippen LogP contribution in [0, 0.1) is 5.82 Å². The van der Waals surface area contributed by atoms with E-state index in [9.17, 15) is 19.1 Å². The Hall–Kier alpha value is -2.31. The van der Waals surface area contributed by atoms with Gasteiger partial charge in [-0.05, 0) is 12.1 Å². The molecule has 5 N–H and O–H groups in total. The van der Waals surface area contributed by atoms with Crippen LogP contribution in [-0.4, -0.2) is 30.1 Å². The SMILES string of the molecule is NC(=O)NCCNC(=O)c1c(O)cccc1F. The molecule has 1 aromatic carbocycles. The Kier molecular flexibility index (Phi) is 4.27. The summed E-state index contributed by atoms with van der Waals surface area (Å²) < 4.78 is 13.2. The highest BCUT2D eigenvalue weighted by Crippen LogP contribution is 2.19. The Morgan fingerprint density at radius 2 is 1.94 bits per heavy atom. The van der Waals surface area contributed by atoms with Crippen LogP contribution >= 0.6 is 0 Å². The summed E-state index contributed by atoms with van der Waals surface area (Å²) in [6.07, 6.45) is 0. The summed E-state index contributed by atoms with van der Waals surface area (Å²) in [5.74, 6) is -2.01. The average Bonchev–Trinajstić information content (AvgIpc) is 2.24. The summed E-state index contributed by atoms with van der Waals surface area (Å²) in [6, 6.07) is 2.85. The van der Waals surface area contributed by atoms with Gasteiger partial charge in [-0.3, -0.25) is 4.79 Å². The molecule has 1 rings (SSSR count). The molecule has 0 spiro atoms. The highest BCUT2D eigenvalue weighted by atomic mass is 19.1. The van der Waals surface area contributed by atoms with E-state index in [2.05, 4.69) is 10.6 Å². The number of phenols is 1. The van der Waals surface area contributed by atoms with E-state index in [1.54, 1.807) is 0 Å². The van der Waals surface area contributed by atoms with Crippen LogP contribution in [-0.2, 0) is 0 Å². The van der Waals surface area contributed by atoms with Gasteiger partial charge in [0.2, 0.25) is 0 Å². The minimum Gasteiger partial charge on any atom is -0.507 e. The van der Waals surface area contributed by atoms with E-state index in [1.807, 2.05) is 0 Å². The van der Waals surface area contributed by atoms with Crippen molar-refractivity contribution in [3.63, 3.8) is 0 Å². The van der Waals surface area contributed by atoms with E-state index in [1.165, 1.54) is 12.1 Å². The first-order valence-electron chi connectivity index (χ1n) is 4.81. The minimum atomic E-state index is -0.814. The number of benzene rings is 1. The van der Waals surface area contributed by atoms with Crippen molar-refractivity contribution in [2.75, 3.05) is 13.1 Å². The summed E-state index contributed by atoms with van der Waals surface area (Å²) in [7, 11) is 0. The van der Waals surface area contributed by atoms with Gasteiger partial charge in [-0.25, -0.2) is 9.18 Å². The monoisotopic (exact) mass is 241 g/mol. The lowest BCUT2D eigenvalue weighted by molar-refractivity contribution is 0.0947. The van der Waals surface area contributed by atoms with E-state index in [0.29, 0.717) is 0 Å². The van der Waals surface area contributed by atoms with E-state index >= 15 is 0 Å². The molecule has 0 unspecified atom stereocenters. The van der Waals surface area contributed by atoms with E-state index in [0.717, 1.165) is 6.07 Å². The van der Waals surface area contributed by atoms with Gasteiger partial charge in [0, 0.05) is 13.1 Å². The molecule has 0 bridgehead atoms. The maximum Gasteiger partial charge on any atom is 0.312 e. The smallest absolute Gasteiger partial charge is 0.312 e. The van der Waals surface area contributed by atoms with Crippen LogP contribution in [0.3, 0.4) is 0 Å². The number of rotatable bonds is 4. The van der Waals surface area contributed by atoms with Crippen LogP contribution in [0.15, 0.2) is 18.2 Å². The standard InChI is InChI=1S/C10H12FN3O3/c11-6-2-1-3-7(15)8(6)9(16)13-4-5-14-10(12)17/h1-3,15H,4-5H2,(H,13,16)(H3,12,14,17). The van der Waals surface area contributed by atoms with Crippen LogP contribution in [0.1, 0.15) is 10.4 Å². The molecule has 0 aliphatic heterocycles. The van der Waals surface area contributed by atoms with Crippen LogP contribution in [0.25, 0.3) is 0 Å². The molecule has 0 atom stereocenters. The molecule has 6 nitrogen and oxygen atoms in total. The Balaban J connectivity index is 2.55. The van der Waals surface area contributed by atoms with Crippen molar-refractivity contribution in [3.8, 4) is 5.75 Å². The number of nitrogens with two attached hydrogens (primary N) is 1. The topological polar surface area (TPSA) is 104 Å². The third-order valence-corrected chi connectivity index (χ3v) is 1.93. The zero-order valence-electron chi connectivity index (χ0n) is 8.87. The molecular formula is C10H12FN3O3. The molecule has 92 valence electrons. The summed E-state index contributed by atoms with van der Waals surface area (Å²) in [5.41, 5.74) is 4.38. The number of halogens is 1. The maximum absolute atomic E-state index is 13.2. The number of phenolic OH excluding ortho intramolecular Hbond substituents is 1. The van der Waals surface area contributed by atoms with Gasteiger partial charge in [0.1, 0.15) is 17.1 Å². The third-order valence-electron chi connectivity index (χ3n) is 1.93. The first-order chi connectivity index (χ1) is 8.02. The van der Waals surface area contributed by atoms with E-state index < -0.39 is 29.1 Å². The number of hydrogen-bond acceptors (Lipinski definition) is 3.